The molecule has 0 spiro atoms. The Kier molecular flexibility index (Phi) is 5.27. The Morgan fingerprint density at radius 1 is 1.20 bits per heavy atom. The number of hydrogen-bond acceptors (Lipinski definition) is 7. The van der Waals surface area contributed by atoms with Gasteiger partial charge < -0.3 is 10.2 Å². The zero-order valence-electron chi connectivity index (χ0n) is 15.5. The summed E-state index contributed by atoms with van der Waals surface area (Å²) in [6, 6.07) is 13.5. The van der Waals surface area contributed by atoms with Crippen molar-refractivity contribution in [2.24, 2.45) is 5.10 Å². The molecule has 2 aromatic carbocycles. The minimum absolute atomic E-state index is 0.0840. The van der Waals surface area contributed by atoms with Crippen molar-refractivity contribution in [3.05, 3.63) is 76.2 Å². The van der Waals surface area contributed by atoms with Gasteiger partial charge in [-0.25, -0.2) is 10.4 Å². The molecule has 8 nitrogen and oxygen atoms in total. The number of benzene rings is 2. The van der Waals surface area contributed by atoms with Crippen molar-refractivity contribution in [3.63, 3.8) is 0 Å². The van der Waals surface area contributed by atoms with E-state index in [-0.39, 0.29) is 23.6 Å². The van der Waals surface area contributed by atoms with E-state index in [0.717, 1.165) is 17.2 Å². The van der Waals surface area contributed by atoms with Crippen molar-refractivity contribution >= 4 is 33.7 Å². The van der Waals surface area contributed by atoms with Gasteiger partial charge in [0, 0.05) is 22.6 Å². The van der Waals surface area contributed by atoms with Crippen LogP contribution in [0.15, 0.2) is 70.1 Å². The van der Waals surface area contributed by atoms with Gasteiger partial charge in [0.15, 0.2) is 0 Å². The Hall–Kier alpha value is -3.98. The van der Waals surface area contributed by atoms with Crippen molar-refractivity contribution in [3.8, 4) is 22.6 Å². The molecule has 0 aliphatic rings. The number of hydrogen-bond donors (Lipinski definition) is 3. The zero-order chi connectivity index (χ0) is 21.1. The number of fused-ring (bicyclic) bond motifs is 1. The van der Waals surface area contributed by atoms with Gasteiger partial charge in [-0.2, -0.15) is 5.10 Å². The third-order valence-electron chi connectivity index (χ3n) is 4.37. The second-order valence-corrected chi connectivity index (χ2v) is 7.27. The van der Waals surface area contributed by atoms with Crippen LogP contribution in [0.5, 0.6) is 11.5 Å². The van der Waals surface area contributed by atoms with E-state index in [0.29, 0.717) is 15.8 Å². The standard InChI is InChI=1S/C21H16N4O4S/c26-15-7-6-14(17(27)8-15)9-23-24-18(28)10-25-12-22-20-19(21(25)29)16(11-30-20)13-4-2-1-3-5-13/h1-9,11-12,26-27H,10H2,(H,24,28). The minimum Gasteiger partial charge on any atom is -0.508 e. The van der Waals surface area contributed by atoms with E-state index >= 15 is 0 Å². The number of nitrogens with zero attached hydrogens (tertiary/aromatic N) is 3. The largest absolute Gasteiger partial charge is 0.508 e. The molecule has 9 heteroatoms. The number of rotatable bonds is 5. The molecule has 0 atom stereocenters. The maximum Gasteiger partial charge on any atom is 0.263 e. The summed E-state index contributed by atoms with van der Waals surface area (Å²) < 4.78 is 1.23. The molecular formula is C21H16N4O4S. The average Bonchev–Trinajstić information content (AvgIpc) is 3.17. The van der Waals surface area contributed by atoms with Crippen molar-refractivity contribution in [1.82, 2.24) is 15.0 Å². The molecule has 3 N–H and O–H groups in total. The number of hydrazone groups is 1. The fourth-order valence-electron chi connectivity index (χ4n) is 2.92. The lowest BCUT2D eigenvalue weighted by Gasteiger charge is -2.05. The maximum absolute atomic E-state index is 12.9. The van der Waals surface area contributed by atoms with Gasteiger partial charge in [0.05, 0.1) is 17.9 Å². The van der Waals surface area contributed by atoms with Crippen LogP contribution in [-0.2, 0) is 11.3 Å². The summed E-state index contributed by atoms with van der Waals surface area (Å²) in [4.78, 5) is 30.1. The smallest absolute Gasteiger partial charge is 0.263 e. The quantitative estimate of drug-likeness (QED) is 0.339. The van der Waals surface area contributed by atoms with Crippen molar-refractivity contribution in [1.29, 1.82) is 0 Å². The van der Waals surface area contributed by atoms with E-state index in [2.05, 4.69) is 15.5 Å². The van der Waals surface area contributed by atoms with E-state index in [9.17, 15) is 19.8 Å². The summed E-state index contributed by atoms with van der Waals surface area (Å²) >= 11 is 1.37. The lowest BCUT2D eigenvalue weighted by atomic mass is 10.1. The summed E-state index contributed by atoms with van der Waals surface area (Å²) in [6.45, 7) is -0.259. The van der Waals surface area contributed by atoms with Gasteiger partial charge in [0.2, 0.25) is 0 Å². The fourth-order valence-corrected chi connectivity index (χ4v) is 3.82. The van der Waals surface area contributed by atoms with Crippen LogP contribution in [0.1, 0.15) is 5.56 Å². The van der Waals surface area contributed by atoms with Crippen molar-refractivity contribution < 1.29 is 15.0 Å². The normalized spacial score (nSPS) is 11.2. The van der Waals surface area contributed by atoms with Gasteiger partial charge in [0.1, 0.15) is 22.9 Å². The first-order chi connectivity index (χ1) is 14.5. The minimum atomic E-state index is -0.524. The number of carbonyl (C=O) groups is 1. The predicted molar refractivity (Wildman–Crippen MR) is 115 cm³/mol. The van der Waals surface area contributed by atoms with Crippen LogP contribution in [-0.4, -0.2) is 31.9 Å². The van der Waals surface area contributed by atoms with Crippen LogP contribution >= 0.6 is 11.3 Å². The molecule has 30 heavy (non-hydrogen) atoms. The third kappa shape index (κ3) is 3.91. The van der Waals surface area contributed by atoms with Crippen LogP contribution in [0.2, 0.25) is 0 Å². The highest BCUT2D eigenvalue weighted by Gasteiger charge is 2.14. The number of nitrogens with one attached hydrogen (secondary N) is 1. The average molecular weight is 420 g/mol. The summed E-state index contributed by atoms with van der Waals surface area (Å²) in [5.74, 6) is -0.784. The van der Waals surface area contributed by atoms with E-state index < -0.39 is 5.91 Å². The number of carbonyl (C=O) groups excluding carboxylic acids is 1. The number of phenolic OH excluding ortho intramolecular Hbond substituents is 2. The molecule has 0 saturated heterocycles. The molecule has 2 aromatic heterocycles. The molecule has 4 rings (SSSR count). The topological polar surface area (TPSA) is 117 Å². The molecular weight excluding hydrogens is 404 g/mol. The van der Waals surface area contributed by atoms with Gasteiger partial charge in [-0.15, -0.1) is 11.3 Å². The highest BCUT2D eigenvalue weighted by Crippen LogP contribution is 2.30. The highest BCUT2D eigenvalue weighted by atomic mass is 32.1. The molecule has 0 fully saturated rings. The lowest BCUT2D eigenvalue weighted by Crippen LogP contribution is -2.30. The van der Waals surface area contributed by atoms with Gasteiger partial charge in [-0.05, 0) is 17.7 Å². The SMILES string of the molecule is O=C(Cn1cnc2scc(-c3ccccc3)c2c1=O)NN=Cc1ccc(O)cc1O. The molecule has 0 aliphatic heterocycles. The molecule has 150 valence electrons. The van der Waals surface area contributed by atoms with Crippen molar-refractivity contribution in [2.45, 2.75) is 6.54 Å². The zero-order valence-corrected chi connectivity index (χ0v) is 16.3. The Balaban J connectivity index is 1.54. The second-order valence-electron chi connectivity index (χ2n) is 6.41. The first-order valence-electron chi connectivity index (χ1n) is 8.89. The van der Waals surface area contributed by atoms with Gasteiger partial charge in [0.25, 0.3) is 11.5 Å². The van der Waals surface area contributed by atoms with Crippen molar-refractivity contribution in [2.75, 3.05) is 0 Å². The first kappa shape index (κ1) is 19.3. The summed E-state index contributed by atoms with van der Waals surface area (Å²) in [7, 11) is 0. The molecule has 0 radical (unpaired) electrons. The summed E-state index contributed by atoms with van der Waals surface area (Å²) in [6.07, 6.45) is 2.58. The van der Waals surface area contributed by atoms with Gasteiger partial charge in [-0.3, -0.25) is 14.2 Å². The number of aromatic nitrogens is 2. The van der Waals surface area contributed by atoms with E-state index in [1.807, 2.05) is 35.7 Å². The molecule has 0 aliphatic carbocycles. The van der Waals surface area contributed by atoms with Crippen LogP contribution in [0.3, 0.4) is 0 Å². The van der Waals surface area contributed by atoms with E-state index in [1.54, 1.807) is 0 Å². The summed E-state index contributed by atoms with van der Waals surface area (Å²) in [5.41, 5.74) is 4.00. The highest BCUT2D eigenvalue weighted by molar-refractivity contribution is 7.17. The Bertz CT molecular complexity index is 1310. The van der Waals surface area contributed by atoms with E-state index in [4.69, 9.17) is 0 Å². The Morgan fingerprint density at radius 3 is 2.77 bits per heavy atom. The van der Waals surface area contributed by atoms with Crippen LogP contribution in [0, 0.1) is 0 Å². The predicted octanol–water partition coefficient (Wildman–Crippen LogP) is 2.69. The molecule has 1 amide bonds. The first-order valence-corrected chi connectivity index (χ1v) is 9.77. The monoisotopic (exact) mass is 420 g/mol. The molecule has 4 aromatic rings. The molecule has 0 bridgehead atoms. The van der Waals surface area contributed by atoms with Crippen LogP contribution in [0.4, 0.5) is 0 Å². The van der Waals surface area contributed by atoms with Gasteiger partial charge in [-0.1, -0.05) is 30.3 Å². The maximum atomic E-state index is 12.9. The number of thiophene rings is 1. The third-order valence-corrected chi connectivity index (χ3v) is 5.25. The molecule has 0 unspecified atom stereocenters. The Morgan fingerprint density at radius 2 is 2.00 bits per heavy atom. The number of amides is 1. The fraction of sp³-hybridized carbons (Fsp3) is 0.0476. The van der Waals surface area contributed by atoms with Gasteiger partial charge >= 0.3 is 0 Å². The van der Waals surface area contributed by atoms with Crippen LogP contribution < -0.4 is 11.0 Å². The van der Waals surface area contributed by atoms with E-state index in [1.165, 1.54) is 40.6 Å². The summed E-state index contributed by atoms with van der Waals surface area (Å²) in [5, 5.41) is 25.1. The molecule has 2 heterocycles. The Labute approximate surface area is 174 Å². The number of aromatic hydroxyl groups is 2. The number of phenols is 2. The molecule has 0 saturated carbocycles. The second kappa shape index (κ2) is 8.18. The lowest BCUT2D eigenvalue weighted by molar-refractivity contribution is -0.121. The van der Waals surface area contributed by atoms with Crippen LogP contribution in [0.25, 0.3) is 21.3 Å².